The van der Waals surface area contributed by atoms with E-state index in [0.29, 0.717) is 18.0 Å². The third kappa shape index (κ3) is 5.72. The first kappa shape index (κ1) is 20.2. The predicted molar refractivity (Wildman–Crippen MR) is 97.9 cm³/mol. The summed E-state index contributed by atoms with van der Waals surface area (Å²) in [6, 6.07) is 4.32. The van der Waals surface area contributed by atoms with Crippen LogP contribution in [-0.4, -0.2) is 54.7 Å². The number of methoxy groups -OCH3 is 2. The minimum Gasteiger partial charge on any atom is -0.493 e. The Hall–Kier alpha value is -2.10. The normalized spacial score (nSPS) is 14.5. The number of nitrogens with one attached hydrogen (secondary N) is 3. The lowest BCUT2D eigenvalue weighted by Crippen LogP contribution is -2.33. The fourth-order valence-electron chi connectivity index (χ4n) is 2.50. The number of rotatable bonds is 9. The van der Waals surface area contributed by atoms with E-state index in [1.165, 1.54) is 38.0 Å². The Morgan fingerprint density at radius 3 is 2.65 bits per heavy atom. The van der Waals surface area contributed by atoms with Crippen LogP contribution in [0.5, 0.6) is 11.5 Å². The lowest BCUT2D eigenvalue weighted by molar-refractivity contribution is -0.120. The fraction of sp³-hybridized carbons (Fsp3) is 0.471. The second kappa shape index (κ2) is 9.56. The van der Waals surface area contributed by atoms with E-state index in [1.807, 2.05) is 0 Å². The summed E-state index contributed by atoms with van der Waals surface area (Å²) in [6.07, 6.45) is 3.04. The van der Waals surface area contributed by atoms with E-state index in [1.54, 1.807) is 0 Å². The van der Waals surface area contributed by atoms with Crippen molar-refractivity contribution in [2.75, 3.05) is 40.4 Å². The highest BCUT2D eigenvalue weighted by atomic mass is 32.2. The Morgan fingerprint density at radius 1 is 1.23 bits per heavy atom. The summed E-state index contributed by atoms with van der Waals surface area (Å²) < 4.78 is 37.3. The maximum Gasteiger partial charge on any atom is 0.240 e. The molecule has 0 saturated carbocycles. The van der Waals surface area contributed by atoms with Crippen LogP contribution in [-0.2, 0) is 14.8 Å². The summed E-state index contributed by atoms with van der Waals surface area (Å²) in [4.78, 5) is 11.9. The average Bonchev–Trinajstić information content (AvgIpc) is 2.66. The van der Waals surface area contributed by atoms with Crippen LogP contribution in [0.25, 0.3) is 0 Å². The molecule has 0 radical (unpaired) electrons. The molecule has 0 saturated heterocycles. The van der Waals surface area contributed by atoms with Crippen molar-refractivity contribution in [2.24, 2.45) is 0 Å². The van der Waals surface area contributed by atoms with E-state index >= 15 is 0 Å². The van der Waals surface area contributed by atoms with Gasteiger partial charge in [-0.1, -0.05) is 11.6 Å². The highest BCUT2D eigenvalue weighted by Gasteiger charge is 2.17. The molecule has 0 bridgehead atoms. The van der Waals surface area contributed by atoms with Gasteiger partial charge in [0.25, 0.3) is 0 Å². The Bertz CT molecular complexity index is 762. The second-order valence-electron chi connectivity index (χ2n) is 5.76. The quantitative estimate of drug-likeness (QED) is 0.534. The molecular weight excluding hydrogens is 358 g/mol. The van der Waals surface area contributed by atoms with Gasteiger partial charge in [-0.15, -0.1) is 0 Å². The number of hydrogen-bond acceptors (Lipinski definition) is 6. The molecule has 9 heteroatoms. The lowest BCUT2D eigenvalue weighted by atomic mass is 10.1. The molecule has 0 unspecified atom stereocenters. The first-order valence-corrected chi connectivity index (χ1v) is 9.81. The highest BCUT2D eigenvalue weighted by Crippen LogP contribution is 2.29. The smallest absolute Gasteiger partial charge is 0.240 e. The van der Waals surface area contributed by atoms with E-state index in [2.05, 4.69) is 21.4 Å². The summed E-state index contributed by atoms with van der Waals surface area (Å²) in [5.41, 5.74) is 1.18. The van der Waals surface area contributed by atoms with Gasteiger partial charge in [0.15, 0.2) is 11.5 Å². The molecule has 144 valence electrons. The number of hydrogen-bond donors (Lipinski definition) is 3. The first-order chi connectivity index (χ1) is 12.5. The molecule has 1 aliphatic heterocycles. The summed E-state index contributed by atoms with van der Waals surface area (Å²) in [7, 11) is -0.825. The third-order valence-electron chi connectivity index (χ3n) is 3.98. The number of ether oxygens (including phenoxy) is 2. The van der Waals surface area contributed by atoms with Gasteiger partial charge in [-0.05, 0) is 25.1 Å². The van der Waals surface area contributed by atoms with Gasteiger partial charge in [0.2, 0.25) is 15.9 Å². The van der Waals surface area contributed by atoms with Crippen LogP contribution >= 0.6 is 0 Å². The van der Waals surface area contributed by atoms with Crippen LogP contribution in [0.15, 0.2) is 34.7 Å². The molecule has 1 heterocycles. The molecule has 0 aliphatic carbocycles. The van der Waals surface area contributed by atoms with Gasteiger partial charge in [-0.25, -0.2) is 13.1 Å². The van der Waals surface area contributed by atoms with E-state index in [0.717, 1.165) is 19.5 Å². The number of carbonyl (C=O) groups is 1. The van der Waals surface area contributed by atoms with Gasteiger partial charge in [-0.2, -0.15) is 0 Å². The molecule has 0 spiro atoms. The van der Waals surface area contributed by atoms with E-state index in [4.69, 9.17) is 9.47 Å². The topological polar surface area (TPSA) is 106 Å². The minimum absolute atomic E-state index is 0.0170. The lowest BCUT2D eigenvalue weighted by Gasteiger charge is -2.14. The van der Waals surface area contributed by atoms with Crippen molar-refractivity contribution in [3.05, 3.63) is 29.8 Å². The molecule has 1 aromatic carbocycles. The fourth-order valence-corrected chi connectivity index (χ4v) is 3.54. The van der Waals surface area contributed by atoms with Crippen LogP contribution in [0.4, 0.5) is 0 Å². The van der Waals surface area contributed by atoms with Crippen molar-refractivity contribution in [1.82, 2.24) is 15.4 Å². The van der Waals surface area contributed by atoms with Crippen molar-refractivity contribution in [2.45, 2.75) is 17.7 Å². The van der Waals surface area contributed by atoms with Crippen molar-refractivity contribution >= 4 is 15.9 Å². The van der Waals surface area contributed by atoms with Crippen molar-refractivity contribution < 1.29 is 22.7 Å². The molecule has 0 atom stereocenters. The van der Waals surface area contributed by atoms with Crippen LogP contribution in [0.2, 0.25) is 0 Å². The Morgan fingerprint density at radius 2 is 2.00 bits per heavy atom. The maximum absolute atomic E-state index is 12.3. The minimum atomic E-state index is -3.73. The monoisotopic (exact) mass is 383 g/mol. The van der Waals surface area contributed by atoms with E-state index < -0.39 is 10.0 Å². The van der Waals surface area contributed by atoms with Crippen molar-refractivity contribution in [1.29, 1.82) is 0 Å². The van der Waals surface area contributed by atoms with Gasteiger partial charge in [0.1, 0.15) is 0 Å². The third-order valence-corrected chi connectivity index (χ3v) is 5.44. The predicted octanol–water partition coefficient (Wildman–Crippen LogP) is 0.408. The summed E-state index contributed by atoms with van der Waals surface area (Å²) >= 11 is 0. The Kier molecular flexibility index (Phi) is 7.43. The number of sulfonamides is 1. The summed E-state index contributed by atoms with van der Waals surface area (Å²) in [6.45, 7) is 2.25. The van der Waals surface area contributed by atoms with Gasteiger partial charge >= 0.3 is 0 Å². The second-order valence-corrected chi connectivity index (χ2v) is 7.52. The first-order valence-electron chi connectivity index (χ1n) is 8.33. The molecule has 1 aliphatic rings. The molecule has 2 rings (SSSR count). The van der Waals surface area contributed by atoms with E-state index in [9.17, 15) is 13.2 Å². The molecule has 1 aromatic rings. The zero-order valence-electron chi connectivity index (χ0n) is 15.0. The average molecular weight is 383 g/mol. The molecule has 8 nitrogen and oxygen atoms in total. The van der Waals surface area contributed by atoms with Crippen LogP contribution in [0.1, 0.15) is 12.8 Å². The van der Waals surface area contributed by atoms with E-state index in [-0.39, 0.29) is 23.8 Å². The highest BCUT2D eigenvalue weighted by molar-refractivity contribution is 7.89. The zero-order valence-corrected chi connectivity index (χ0v) is 15.8. The maximum atomic E-state index is 12.3. The van der Waals surface area contributed by atoms with Crippen LogP contribution < -0.4 is 24.8 Å². The number of carbonyl (C=O) groups excluding carboxylic acids is 1. The van der Waals surface area contributed by atoms with Gasteiger partial charge in [0, 0.05) is 32.1 Å². The van der Waals surface area contributed by atoms with Gasteiger partial charge in [-0.3, -0.25) is 4.79 Å². The SMILES string of the molecule is COc1ccc(S(=O)(=O)NCCC(=O)NCC2=CCNCC2)cc1OC. The van der Waals surface area contributed by atoms with Crippen LogP contribution in [0, 0.1) is 0 Å². The summed E-state index contributed by atoms with van der Waals surface area (Å²) in [5.74, 6) is 0.570. The molecular formula is C17H25N3O5S. The van der Waals surface area contributed by atoms with Crippen LogP contribution in [0.3, 0.4) is 0 Å². The van der Waals surface area contributed by atoms with Crippen molar-refractivity contribution in [3.63, 3.8) is 0 Å². The molecule has 0 fully saturated rings. The largest absolute Gasteiger partial charge is 0.493 e. The van der Waals surface area contributed by atoms with Gasteiger partial charge < -0.3 is 20.1 Å². The number of benzene rings is 1. The standard InChI is InChI=1S/C17H25N3O5S/c1-24-15-4-3-14(11-16(15)25-2)26(22,23)20-10-7-17(21)19-12-13-5-8-18-9-6-13/h3-5,11,18,20H,6-10,12H2,1-2H3,(H,19,21). The summed E-state index contributed by atoms with van der Waals surface area (Å²) in [5, 5.41) is 6.01. The Labute approximate surface area is 154 Å². The van der Waals surface area contributed by atoms with Gasteiger partial charge in [0.05, 0.1) is 19.1 Å². The van der Waals surface area contributed by atoms with Crippen molar-refractivity contribution in [3.8, 4) is 11.5 Å². The Balaban J connectivity index is 1.84. The number of amides is 1. The molecule has 3 N–H and O–H groups in total. The molecule has 26 heavy (non-hydrogen) atoms. The molecule has 0 aromatic heterocycles. The molecule has 1 amide bonds. The zero-order chi connectivity index (χ0) is 19.0.